The Morgan fingerprint density at radius 1 is 1.45 bits per heavy atom. The summed E-state index contributed by atoms with van der Waals surface area (Å²) in [5, 5.41) is 31.5. The third kappa shape index (κ3) is 1.94. The fourth-order valence-electron chi connectivity index (χ4n) is 1.08. The lowest BCUT2D eigenvalue weighted by molar-refractivity contribution is -0.711. The smallest absolute Gasteiger partial charge is 0.230 e. The average Bonchev–Trinajstić information content (AvgIpc) is 2.05. The first kappa shape index (κ1) is 8.06. The van der Waals surface area contributed by atoms with Crippen molar-refractivity contribution in [3.63, 3.8) is 0 Å². The van der Waals surface area contributed by atoms with E-state index >= 15 is 0 Å². The zero-order valence-electron chi connectivity index (χ0n) is 6.05. The van der Waals surface area contributed by atoms with Gasteiger partial charge < -0.3 is 15.5 Å². The second kappa shape index (κ2) is 3.38. The third-order valence-corrected chi connectivity index (χ3v) is 1.76. The molecule has 2 N–H and O–H groups in total. The Hall–Kier alpha value is -1.04. The van der Waals surface area contributed by atoms with Crippen LogP contribution in [0.4, 0.5) is 0 Å². The Bertz CT molecular complexity index is 153. The van der Waals surface area contributed by atoms with Gasteiger partial charge in [0.2, 0.25) is 5.28 Å². The van der Waals surface area contributed by atoms with Crippen molar-refractivity contribution < 1.29 is 15.3 Å². The van der Waals surface area contributed by atoms with Gasteiger partial charge in [0.05, 0.1) is 24.2 Å². The van der Waals surface area contributed by atoms with Crippen LogP contribution in [0.1, 0.15) is 12.8 Å². The summed E-state index contributed by atoms with van der Waals surface area (Å²) in [6, 6.07) is 0. The molecule has 6 heteroatoms. The van der Waals surface area contributed by atoms with Crippen molar-refractivity contribution in [2.75, 3.05) is 13.1 Å². The maximum absolute atomic E-state index is 10.6. The van der Waals surface area contributed by atoms with Gasteiger partial charge in [-0.05, 0) is 12.8 Å². The van der Waals surface area contributed by atoms with Gasteiger partial charge in [0, 0.05) is 0 Å². The SMILES string of the molecule is [O-][N+](=NO)N1CCC(O)CC1. The first-order valence-corrected chi connectivity index (χ1v) is 3.49. The molecule has 0 amide bonds. The minimum atomic E-state index is -0.321. The Morgan fingerprint density at radius 2 is 2.00 bits per heavy atom. The molecular weight excluding hydrogens is 150 g/mol. The summed E-state index contributed by atoms with van der Waals surface area (Å²) in [6.07, 6.45) is 0.779. The number of piperidine rings is 1. The Balaban J connectivity index is 2.39. The second-order valence-electron chi connectivity index (χ2n) is 2.53. The minimum absolute atomic E-state index is 0.145. The molecule has 11 heavy (non-hydrogen) atoms. The first-order valence-electron chi connectivity index (χ1n) is 3.49. The largest absolute Gasteiger partial charge is 0.569 e. The molecule has 0 aliphatic carbocycles. The van der Waals surface area contributed by atoms with Crippen LogP contribution in [0.2, 0.25) is 0 Å². The van der Waals surface area contributed by atoms with Crippen molar-refractivity contribution in [3.05, 3.63) is 5.21 Å². The Kier molecular flexibility index (Phi) is 2.48. The molecule has 1 heterocycles. The van der Waals surface area contributed by atoms with E-state index in [0.717, 1.165) is 0 Å². The lowest BCUT2D eigenvalue weighted by atomic mass is 10.1. The molecule has 0 spiro atoms. The predicted molar refractivity (Wildman–Crippen MR) is 34.7 cm³/mol. The molecule has 0 radical (unpaired) electrons. The first-order chi connectivity index (χ1) is 5.24. The monoisotopic (exact) mass is 161 g/mol. The fourth-order valence-corrected chi connectivity index (χ4v) is 1.08. The molecule has 1 fully saturated rings. The average molecular weight is 161 g/mol. The summed E-state index contributed by atoms with van der Waals surface area (Å²) < 4.78 is 0. The summed E-state index contributed by atoms with van der Waals surface area (Å²) in [4.78, 5) is 0.145. The van der Waals surface area contributed by atoms with E-state index in [4.69, 9.17) is 10.3 Å². The van der Waals surface area contributed by atoms with Crippen molar-refractivity contribution in [2.45, 2.75) is 18.9 Å². The Labute approximate surface area is 63.9 Å². The number of aliphatic hydroxyl groups excluding tert-OH is 1. The van der Waals surface area contributed by atoms with Crippen molar-refractivity contribution >= 4 is 0 Å². The molecular formula is C5H11N3O3. The van der Waals surface area contributed by atoms with Gasteiger partial charge in [-0.2, -0.15) is 0 Å². The summed E-state index contributed by atoms with van der Waals surface area (Å²) in [5.74, 6) is 0. The van der Waals surface area contributed by atoms with Gasteiger partial charge in [-0.3, -0.25) is 0 Å². The van der Waals surface area contributed by atoms with Gasteiger partial charge in [-0.15, -0.1) is 5.01 Å². The summed E-state index contributed by atoms with van der Waals surface area (Å²) in [5.41, 5.74) is 0. The van der Waals surface area contributed by atoms with Crippen LogP contribution in [0.25, 0.3) is 0 Å². The zero-order chi connectivity index (χ0) is 8.27. The number of aliphatic hydroxyl groups is 1. The maximum atomic E-state index is 10.6. The summed E-state index contributed by atoms with van der Waals surface area (Å²) in [7, 11) is 0. The highest BCUT2D eigenvalue weighted by molar-refractivity contribution is 4.64. The van der Waals surface area contributed by atoms with E-state index in [1.807, 2.05) is 0 Å². The summed E-state index contributed by atoms with van der Waals surface area (Å²) in [6.45, 7) is 0.878. The number of hydrazine groups is 1. The van der Waals surface area contributed by atoms with Crippen LogP contribution in [0.15, 0.2) is 5.28 Å². The van der Waals surface area contributed by atoms with Gasteiger partial charge in [0.25, 0.3) is 0 Å². The van der Waals surface area contributed by atoms with Crippen molar-refractivity contribution in [1.82, 2.24) is 5.01 Å². The topological polar surface area (TPSA) is 82.1 Å². The standard InChI is InChI=1S/C5H11N3O3/c9-5-1-3-7(4-2-5)8(11)6-10/h5,9-10H,1-4H2. The zero-order valence-corrected chi connectivity index (χ0v) is 6.05. The molecule has 0 atom stereocenters. The van der Waals surface area contributed by atoms with Crippen molar-refractivity contribution in [2.24, 2.45) is 5.28 Å². The number of nitrogens with zero attached hydrogens (tertiary/aromatic N) is 3. The fraction of sp³-hybridized carbons (Fsp3) is 1.00. The van der Waals surface area contributed by atoms with E-state index in [1.165, 1.54) is 5.01 Å². The van der Waals surface area contributed by atoms with Crippen LogP contribution in [0.5, 0.6) is 0 Å². The van der Waals surface area contributed by atoms with E-state index in [1.54, 1.807) is 0 Å². The van der Waals surface area contributed by atoms with Gasteiger partial charge >= 0.3 is 0 Å². The van der Waals surface area contributed by atoms with Gasteiger partial charge in [-0.1, -0.05) is 0 Å². The number of hydrogen-bond donors (Lipinski definition) is 2. The van der Waals surface area contributed by atoms with E-state index in [0.29, 0.717) is 25.9 Å². The molecule has 0 unspecified atom stereocenters. The highest BCUT2D eigenvalue weighted by Crippen LogP contribution is 2.09. The highest BCUT2D eigenvalue weighted by atomic mass is 16.6. The molecule has 0 saturated carbocycles. The lowest BCUT2D eigenvalue weighted by Gasteiger charge is -2.24. The molecule has 0 bridgehead atoms. The van der Waals surface area contributed by atoms with E-state index in [9.17, 15) is 5.21 Å². The van der Waals surface area contributed by atoms with Crippen LogP contribution in [-0.2, 0) is 0 Å². The Morgan fingerprint density at radius 3 is 2.45 bits per heavy atom. The molecule has 0 aromatic rings. The molecule has 1 rings (SSSR count). The molecule has 0 aromatic carbocycles. The van der Waals surface area contributed by atoms with Crippen molar-refractivity contribution in [1.29, 1.82) is 0 Å². The van der Waals surface area contributed by atoms with E-state index < -0.39 is 0 Å². The quantitative estimate of drug-likeness (QED) is 0.314. The van der Waals surface area contributed by atoms with Crippen LogP contribution in [-0.4, -0.2) is 39.5 Å². The molecule has 64 valence electrons. The summed E-state index contributed by atoms with van der Waals surface area (Å²) >= 11 is 0. The molecule has 1 saturated heterocycles. The predicted octanol–water partition coefficient (Wildman–Crippen LogP) is -0.290. The normalized spacial score (nSPS) is 22.3. The number of rotatable bonds is 1. The lowest BCUT2D eigenvalue weighted by Crippen LogP contribution is -2.39. The van der Waals surface area contributed by atoms with Gasteiger partial charge in [0.15, 0.2) is 0 Å². The van der Waals surface area contributed by atoms with Gasteiger partial charge in [0.1, 0.15) is 0 Å². The highest BCUT2D eigenvalue weighted by Gasteiger charge is 2.21. The second-order valence-corrected chi connectivity index (χ2v) is 2.53. The van der Waals surface area contributed by atoms with Gasteiger partial charge in [-0.25, -0.2) is 0 Å². The number of hydrogen-bond acceptors (Lipinski definition) is 3. The molecule has 1 aliphatic rings. The third-order valence-electron chi connectivity index (χ3n) is 1.76. The molecule has 1 aliphatic heterocycles. The van der Waals surface area contributed by atoms with Crippen LogP contribution >= 0.6 is 0 Å². The maximum Gasteiger partial charge on any atom is 0.230 e. The minimum Gasteiger partial charge on any atom is -0.569 e. The van der Waals surface area contributed by atoms with Crippen LogP contribution in [0, 0.1) is 5.21 Å². The van der Waals surface area contributed by atoms with Crippen LogP contribution in [0.3, 0.4) is 0 Å². The molecule has 6 nitrogen and oxygen atoms in total. The van der Waals surface area contributed by atoms with Crippen molar-refractivity contribution in [3.8, 4) is 0 Å². The van der Waals surface area contributed by atoms with E-state index in [-0.39, 0.29) is 11.1 Å². The van der Waals surface area contributed by atoms with E-state index in [2.05, 4.69) is 5.28 Å². The van der Waals surface area contributed by atoms with Crippen LogP contribution < -0.4 is 0 Å². The molecule has 0 aromatic heterocycles.